The van der Waals surface area contributed by atoms with Crippen LogP contribution in [0.3, 0.4) is 0 Å². The van der Waals surface area contributed by atoms with Crippen LogP contribution < -0.4 is 10.1 Å². The molecule has 0 fully saturated rings. The Morgan fingerprint density at radius 3 is 2.74 bits per heavy atom. The largest absolute Gasteiger partial charge is 0.481 e. The number of methoxy groups -OCH3 is 1. The van der Waals surface area contributed by atoms with Crippen LogP contribution in [0.15, 0.2) is 42.6 Å². The lowest BCUT2D eigenvalue weighted by atomic mass is 10.1. The molecule has 0 amide bonds. The standard InChI is InChI=1S/C14H16ClN3O/c1-19-13-7-8-16-14(18-13)17-12(10-15)9-11-5-3-2-4-6-11/h2-8,12H,9-10H2,1H3,(H,16,17,18). The molecular formula is C14H16ClN3O. The average molecular weight is 278 g/mol. The molecule has 2 rings (SSSR count). The van der Waals surface area contributed by atoms with E-state index in [0.29, 0.717) is 17.7 Å². The Kier molecular flexibility index (Phi) is 4.98. The Labute approximate surface area is 117 Å². The number of rotatable bonds is 6. The van der Waals surface area contributed by atoms with E-state index < -0.39 is 0 Å². The molecule has 1 unspecified atom stereocenters. The Bertz CT molecular complexity index is 507. The van der Waals surface area contributed by atoms with Crippen molar-refractivity contribution < 1.29 is 4.74 Å². The van der Waals surface area contributed by atoms with Crippen molar-refractivity contribution in [1.29, 1.82) is 0 Å². The molecule has 19 heavy (non-hydrogen) atoms. The first-order valence-electron chi connectivity index (χ1n) is 6.05. The highest BCUT2D eigenvalue weighted by atomic mass is 35.5. The second kappa shape index (κ2) is 6.95. The number of aromatic nitrogens is 2. The van der Waals surface area contributed by atoms with E-state index in [1.165, 1.54) is 5.56 Å². The van der Waals surface area contributed by atoms with Crippen molar-refractivity contribution in [2.75, 3.05) is 18.3 Å². The number of nitrogens with one attached hydrogen (secondary N) is 1. The normalized spacial score (nSPS) is 11.9. The van der Waals surface area contributed by atoms with Gasteiger partial charge in [-0.3, -0.25) is 0 Å². The van der Waals surface area contributed by atoms with E-state index in [1.807, 2.05) is 18.2 Å². The molecule has 0 aliphatic carbocycles. The molecular weight excluding hydrogens is 262 g/mol. The molecule has 1 heterocycles. The summed E-state index contributed by atoms with van der Waals surface area (Å²) in [6.45, 7) is 0. The minimum Gasteiger partial charge on any atom is -0.481 e. The van der Waals surface area contributed by atoms with Crippen molar-refractivity contribution >= 4 is 17.5 Å². The molecule has 5 heteroatoms. The lowest BCUT2D eigenvalue weighted by Gasteiger charge is -2.16. The van der Waals surface area contributed by atoms with E-state index in [-0.39, 0.29) is 6.04 Å². The summed E-state index contributed by atoms with van der Waals surface area (Å²) in [4.78, 5) is 8.37. The first kappa shape index (κ1) is 13.6. The van der Waals surface area contributed by atoms with Crippen LogP contribution in [0.2, 0.25) is 0 Å². The molecule has 1 aromatic heterocycles. The van der Waals surface area contributed by atoms with Gasteiger partial charge in [0, 0.05) is 24.2 Å². The Morgan fingerprint density at radius 2 is 2.05 bits per heavy atom. The zero-order valence-electron chi connectivity index (χ0n) is 10.7. The lowest BCUT2D eigenvalue weighted by Crippen LogP contribution is -2.25. The van der Waals surface area contributed by atoms with Gasteiger partial charge < -0.3 is 10.1 Å². The third-order valence-electron chi connectivity index (χ3n) is 2.68. The highest BCUT2D eigenvalue weighted by molar-refractivity contribution is 6.18. The zero-order chi connectivity index (χ0) is 13.5. The van der Waals surface area contributed by atoms with E-state index in [4.69, 9.17) is 16.3 Å². The summed E-state index contributed by atoms with van der Waals surface area (Å²) in [6.07, 6.45) is 2.48. The summed E-state index contributed by atoms with van der Waals surface area (Å²) >= 11 is 5.99. The van der Waals surface area contributed by atoms with Crippen LogP contribution in [0.5, 0.6) is 5.88 Å². The summed E-state index contributed by atoms with van der Waals surface area (Å²) in [7, 11) is 1.58. The number of ether oxygens (including phenoxy) is 1. The van der Waals surface area contributed by atoms with Gasteiger partial charge >= 0.3 is 0 Å². The maximum atomic E-state index is 5.99. The maximum absolute atomic E-state index is 5.99. The zero-order valence-corrected chi connectivity index (χ0v) is 11.5. The molecule has 0 aliphatic rings. The number of benzene rings is 1. The quantitative estimate of drug-likeness (QED) is 0.825. The number of hydrogen-bond donors (Lipinski definition) is 1. The smallest absolute Gasteiger partial charge is 0.226 e. The van der Waals surface area contributed by atoms with E-state index in [1.54, 1.807) is 19.4 Å². The van der Waals surface area contributed by atoms with E-state index >= 15 is 0 Å². The van der Waals surface area contributed by atoms with Crippen LogP contribution in [-0.4, -0.2) is 29.0 Å². The Balaban J connectivity index is 2.02. The molecule has 1 aromatic carbocycles. The minimum atomic E-state index is 0.0798. The number of anilines is 1. The van der Waals surface area contributed by atoms with Crippen molar-refractivity contribution in [2.45, 2.75) is 12.5 Å². The van der Waals surface area contributed by atoms with Crippen molar-refractivity contribution in [1.82, 2.24) is 9.97 Å². The van der Waals surface area contributed by atoms with Gasteiger partial charge in [-0.05, 0) is 12.0 Å². The first-order valence-corrected chi connectivity index (χ1v) is 6.58. The topological polar surface area (TPSA) is 47.0 Å². The number of hydrogen-bond acceptors (Lipinski definition) is 4. The number of nitrogens with zero attached hydrogens (tertiary/aromatic N) is 2. The van der Waals surface area contributed by atoms with Gasteiger partial charge in [0.15, 0.2) is 0 Å². The SMILES string of the molecule is COc1ccnc(NC(CCl)Cc2ccccc2)n1. The van der Waals surface area contributed by atoms with E-state index in [0.717, 1.165) is 6.42 Å². The van der Waals surface area contributed by atoms with Crippen molar-refractivity contribution in [2.24, 2.45) is 0 Å². The molecule has 0 aliphatic heterocycles. The van der Waals surface area contributed by atoms with Crippen LogP contribution in [0, 0.1) is 0 Å². The van der Waals surface area contributed by atoms with Crippen molar-refractivity contribution in [3.8, 4) is 5.88 Å². The molecule has 1 atom stereocenters. The monoisotopic (exact) mass is 277 g/mol. The van der Waals surface area contributed by atoms with Gasteiger partial charge in [-0.25, -0.2) is 4.98 Å². The Hall–Kier alpha value is -1.81. The molecule has 100 valence electrons. The second-order valence-corrected chi connectivity index (χ2v) is 4.42. The van der Waals surface area contributed by atoms with Crippen LogP contribution in [0.25, 0.3) is 0 Å². The summed E-state index contributed by atoms with van der Waals surface area (Å²) < 4.78 is 5.06. The highest BCUT2D eigenvalue weighted by Crippen LogP contribution is 2.11. The third kappa shape index (κ3) is 4.10. The molecule has 1 N–H and O–H groups in total. The average Bonchev–Trinajstić information content (AvgIpc) is 2.48. The summed E-state index contributed by atoms with van der Waals surface area (Å²) in [5, 5.41) is 3.22. The molecule has 4 nitrogen and oxygen atoms in total. The van der Waals surface area contributed by atoms with Gasteiger partial charge in [-0.2, -0.15) is 4.98 Å². The fourth-order valence-corrected chi connectivity index (χ4v) is 1.94. The molecule has 0 radical (unpaired) electrons. The predicted octanol–water partition coefficient (Wildman–Crippen LogP) is 2.75. The van der Waals surface area contributed by atoms with E-state index in [2.05, 4.69) is 27.4 Å². The van der Waals surface area contributed by atoms with E-state index in [9.17, 15) is 0 Å². The summed E-state index contributed by atoms with van der Waals surface area (Å²) in [5.41, 5.74) is 1.23. The van der Waals surface area contributed by atoms with Crippen LogP contribution in [0.4, 0.5) is 5.95 Å². The van der Waals surface area contributed by atoms with Crippen LogP contribution >= 0.6 is 11.6 Å². The Morgan fingerprint density at radius 1 is 1.26 bits per heavy atom. The van der Waals surface area contributed by atoms with Crippen LogP contribution in [0.1, 0.15) is 5.56 Å². The highest BCUT2D eigenvalue weighted by Gasteiger charge is 2.10. The van der Waals surface area contributed by atoms with Crippen molar-refractivity contribution in [3.05, 3.63) is 48.2 Å². The third-order valence-corrected chi connectivity index (χ3v) is 3.06. The number of alkyl halides is 1. The van der Waals surface area contributed by atoms with Gasteiger partial charge in [0.05, 0.1) is 7.11 Å². The fraction of sp³-hybridized carbons (Fsp3) is 0.286. The van der Waals surface area contributed by atoms with Crippen LogP contribution in [-0.2, 0) is 6.42 Å². The van der Waals surface area contributed by atoms with Gasteiger partial charge in [0.2, 0.25) is 11.8 Å². The fourth-order valence-electron chi connectivity index (χ4n) is 1.75. The molecule has 0 bridgehead atoms. The number of halogens is 1. The molecule has 2 aromatic rings. The second-order valence-electron chi connectivity index (χ2n) is 4.11. The first-order chi connectivity index (χ1) is 9.31. The van der Waals surface area contributed by atoms with Gasteiger partial charge in [0.25, 0.3) is 0 Å². The summed E-state index contributed by atoms with van der Waals surface area (Å²) in [6, 6.07) is 12.0. The maximum Gasteiger partial charge on any atom is 0.226 e. The van der Waals surface area contributed by atoms with Gasteiger partial charge in [-0.1, -0.05) is 30.3 Å². The molecule has 0 saturated heterocycles. The minimum absolute atomic E-state index is 0.0798. The van der Waals surface area contributed by atoms with Gasteiger partial charge in [-0.15, -0.1) is 11.6 Å². The predicted molar refractivity (Wildman–Crippen MR) is 76.9 cm³/mol. The van der Waals surface area contributed by atoms with Crippen molar-refractivity contribution in [3.63, 3.8) is 0 Å². The lowest BCUT2D eigenvalue weighted by molar-refractivity contribution is 0.397. The summed E-state index contributed by atoms with van der Waals surface area (Å²) in [5.74, 6) is 1.54. The molecule has 0 saturated carbocycles. The molecule has 0 spiro atoms. The van der Waals surface area contributed by atoms with Gasteiger partial charge in [0.1, 0.15) is 0 Å².